The van der Waals surface area contributed by atoms with Gasteiger partial charge in [0, 0.05) is 0 Å². The Morgan fingerprint density at radius 3 is 2.26 bits per heavy atom. The zero-order chi connectivity index (χ0) is 22.7. The number of benzene rings is 1. The van der Waals surface area contributed by atoms with Gasteiger partial charge in [-0.15, -0.1) is 0 Å². The van der Waals surface area contributed by atoms with Gasteiger partial charge in [0.25, 0.3) is 5.91 Å². The second-order valence-electron chi connectivity index (χ2n) is 7.43. The lowest BCUT2D eigenvalue weighted by Crippen LogP contribution is -2.60. The number of hydrogen-bond donors (Lipinski definition) is 7. The fraction of sp³-hybridized carbons (Fsp3) is 0.632. The molecule has 3 rings (SSSR count). The number of rotatable bonds is 7. The van der Waals surface area contributed by atoms with Crippen molar-refractivity contribution < 1.29 is 54.4 Å². The Labute approximate surface area is 177 Å². The van der Waals surface area contributed by atoms with E-state index in [1.54, 1.807) is 30.3 Å². The van der Waals surface area contributed by atoms with E-state index in [-0.39, 0.29) is 6.61 Å². The lowest BCUT2D eigenvalue weighted by Gasteiger charge is -2.42. The topological polar surface area (TPSA) is 201 Å². The molecule has 12 nitrogen and oxygen atoms in total. The smallest absolute Gasteiger partial charge is 0.251 e. The Kier molecular flexibility index (Phi) is 7.93. The SMILES string of the molecule is NC(=O)C(O[C@@H]1O[C@H](CO[C@@H]2OC[C@@H](O)[C@H](O)[C@H]2O)[C@@H](O)[C@H](O)[C@H]1O)c1ccccc1. The Hall–Kier alpha value is -1.71. The quantitative estimate of drug-likeness (QED) is 0.219. The van der Waals surface area contributed by atoms with Crippen molar-refractivity contribution >= 4 is 5.91 Å². The molecule has 1 aromatic rings. The Morgan fingerprint density at radius 2 is 1.61 bits per heavy atom. The molecular weight excluding hydrogens is 418 g/mol. The van der Waals surface area contributed by atoms with E-state index in [9.17, 15) is 35.4 Å². The molecule has 0 radical (unpaired) electrons. The van der Waals surface area contributed by atoms with Crippen LogP contribution in [-0.2, 0) is 23.7 Å². The third kappa shape index (κ3) is 5.38. The summed E-state index contributed by atoms with van der Waals surface area (Å²) in [4.78, 5) is 11.9. The molecule has 2 heterocycles. The predicted molar refractivity (Wildman–Crippen MR) is 99.9 cm³/mol. The predicted octanol–water partition coefficient (Wildman–Crippen LogP) is -3.51. The van der Waals surface area contributed by atoms with Crippen LogP contribution >= 0.6 is 0 Å². The second kappa shape index (κ2) is 10.3. The first-order valence-corrected chi connectivity index (χ1v) is 9.67. The molecule has 0 aliphatic carbocycles. The molecule has 0 bridgehead atoms. The molecule has 1 unspecified atom stereocenters. The van der Waals surface area contributed by atoms with Crippen LogP contribution in [0.15, 0.2) is 30.3 Å². The van der Waals surface area contributed by atoms with E-state index in [0.717, 1.165) is 0 Å². The van der Waals surface area contributed by atoms with Crippen LogP contribution < -0.4 is 5.73 Å². The van der Waals surface area contributed by atoms with Gasteiger partial charge in [0.1, 0.15) is 42.7 Å². The minimum absolute atomic E-state index is 0.290. The number of primary amides is 1. The maximum Gasteiger partial charge on any atom is 0.251 e. The van der Waals surface area contributed by atoms with Gasteiger partial charge in [0.15, 0.2) is 18.7 Å². The molecule has 8 N–H and O–H groups in total. The highest BCUT2D eigenvalue weighted by Crippen LogP contribution is 2.28. The highest BCUT2D eigenvalue weighted by Gasteiger charge is 2.47. The number of carbonyl (C=O) groups is 1. The van der Waals surface area contributed by atoms with E-state index in [1.807, 2.05) is 0 Å². The molecule has 12 heteroatoms. The van der Waals surface area contributed by atoms with Crippen molar-refractivity contribution in [2.24, 2.45) is 5.73 Å². The maximum absolute atomic E-state index is 11.9. The largest absolute Gasteiger partial charge is 0.388 e. The highest BCUT2D eigenvalue weighted by molar-refractivity contribution is 5.80. The first kappa shape index (κ1) is 23.9. The van der Waals surface area contributed by atoms with Gasteiger partial charge in [-0.1, -0.05) is 30.3 Å². The molecular formula is C19H27NO11. The van der Waals surface area contributed by atoms with Crippen molar-refractivity contribution in [1.82, 2.24) is 0 Å². The number of nitrogens with two attached hydrogens (primary N) is 1. The van der Waals surface area contributed by atoms with Crippen molar-refractivity contribution in [1.29, 1.82) is 0 Å². The monoisotopic (exact) mass is 445 g/mol. The van der Waals surface area contributed by atoms with Crippen molar-refractivity contribution in [3.63, 3.8) is 0 Å². The average molecular weight is 445 g/mol. The Morgan fingerprint density at radius 1 is 0.968 bits per heavy atom. The van der Waals surface area contributed by atoms with E-state index in [1.165, 1.54) is 0 Å². The maximum atomic E-state index is 11.9. The lowest BCUT2D eigenvalue weighted by molar-refractivity contribution is -0.326. The standard InChI is InChI=1S/C19H27NO11/c20-17(27)16(8-4-2-1-3-5-8)31-19-15(26)13(24)12(23)10(30-19)7-29-18-14(25)11(22)9(21)6-28-18/h1-5,9-16,18-19,21-26H,6-7H2,(H2,20,27)/t9-,10-,11+,12-,13+,14-,15-,16?,18+,19+/m1/s1. The molecule has 0 spiro atoms. The molecule has 0 aromatic heterocycles. The van der Waals surface area contributed by atoms with Crippen LogP contribution in [0, 0.1) is 0 Å². The third-order valence-corrected chi connectivity index (χ3v) is 5.18. The van der Waals surface area contributed by atoms with Gasteiger partial charge in [-0.25, -0.2) is 0 Å². The molecule has 1 aromatic carbocycles. The number of hydrogen-bond acceptors (Lipinski definition) is 11. The fourth-order valence-electron chi connectivity index (χ4n) is 3.35. The van der Waals surface area contributed by atoms with Crippen LogP contribution in [0.1, 0.15) is 11.7 Å². The summed E-state index contributed by atoms with van der Waals surface area (Å²) >= 11 is 0. The van der Waals surface area contributed by atoms with E-state index >= 15 is 0 Å². The number of carbonyl (C=O) groups excluding carboxylic acids is 1. The van der Waals surface area contributed by atoms with Gasteiger partial charge in [0.2, 0.25) is 0 Å². The fourth-order valence-corrected chi connectivity index (χ4v) is 3.35. The van der Waals surface area contributed by atoms with Gasteiger partial charge in [-0.3, -0.25) is 4.79 Å². The van der Waals surface area contributed by atoms with E-state index in [2.05, 4.69) is 0 Å². The van der Waals surface area contributed by atoms with E-state index < -0.39 is 73.9 Å². The summed E-state index contributed by atoms with van der Waals surface area (Å²) in [5.41, 5.74) is 5.79. The van der Waals surface area contributed by atoms with Gasteiger partial charge in [-0.05, 0) is 5.56 Å². The van der Waals surface area contributed by atoms with Gasteiger partial charge >= 0.3 is 0 Å². The van der Waals surface area contributed by atoms with Crippen LogP contribution in [0.5, 0.6) is 0 Å². The van der Waals surface area contributed by atoms with Crippen LogP contribution in [0.4, 0.5) is 0 Å². The molecule has 2 aliphatic rings. The van der Waals surface area contributed by atoms with Crippen molar-refractivity contribution in [2.45, 2.75) is 61.4 Å². The van der Waals surface area contributed by atoms with Gasteiger partial charge < -0.3 is 55.3 Å². The first-order chi connectivity index (χ1) is 14.7. The molecule has 31 heavy (non-hydrogen) atoms. The molecule has 2 saturated heterocycles. The molecule has 2 aliphatic heterocycles. The van der Waals surface area contributed by atoms with Crippen LogP contribution in [0.2, 0.25) is 0 Å². The van der Waals surface area contributed by atoms with Gasteiger partial charge in [-0.2, -0.15) is 0 Å². The highest BCUT2D eigenvalue weighted by atomic mass is 16.7. The first-order valence-electron chi connectivity index (χ1n) is 9.67. The van der Waals surface area contributed by atoms with Crippen LogP contribution in [0.3, 0.4) is 0 Å². The molecule has 174 valence electrons. The number of aliphatic hydroxyl groups excluding tert-OH is 6. The number of amides is 1. The van der Waals surface area contributed by atoms with Crippen molar-refractivity contribution in [3.05, 3.63) is 35.9 Å². The summed E-state index contributed by atoms with van der Waals surface area (Å²) in [5, 5.41) is 59.8. The lowest BCUT2D eigenvalue weighted by atomic mass is 9.99. The third-order valence-electron chi connectivity index (χ3n) is 5.18. The summed E-state index contributed by atoms with van der Waals surface area (Å²) in [7, 11) is 0. The second-order valence-corrected chi connectivity index (χ2v) is 7.43. The van der Waals surface area contributed by atoms with E-state index in [0.29, 0.717) is 5.56 Å². The minimum Gasteiger partial charge on any atom is -0.388 e. The molecule has 0 saturated carbocycles. The van der Waals surface area contributed by atoms with Crippen LogP contribution in [-0.4, -0.2) is 105 Å². The Bertz CT molecular complexity index is 722. The molecule has 10 atom stereocenters. The normalized spacial score (nSPS) is 39.7. The zero-order valence-electron chi connectivity index (χ0n) is 16.4. The van der Waals surface area contributed by atoms with Crippen LogP contribution in [0.25, 0.3) is 0 Å². The average Bonchev–Trinajstić information content (AvgIpc) is 2.76. The molecule has 2 fully saturated rings. The summed E-state index contributed by atoms with van der Waals surface area (Å²) in [6.45, 7) is -0.733. The number of aliphatic hydroxyl groups is 6. The summed E-state index contributed by atoms with van der Waals surface area (Å²) < 4.78 is 21.4. The minimum atomic E-state index is -1.71. The zero-order valence-corrected chi connectivity index (χ0v) is 16.4. The van der Waals surface area contributed by atoms with E-state index in [4.69, 9.17) is 24.7 Å². The van der Waals surface area contributed by atoms with Crippen molar-refractivity contribution in [2.75, 3.05) is 13.2 Å². The molecule has 1 amide bonds. The Balaban J connectivity index is 1.66. The van der Waals surface area contributed by atoms with Crippen molar-refractivity contribution in [3.8, 4) is 0 Å². The number of ether oxygens (including phenoxy) is 4. The summed E-state index contributed by atoms with van der Waals surface area (Å²) in [5.74, 6) is -0.860. The summed E-state index contributed by atoms with van der Waals surface area (Å²) in [6.07, 6.45) is -14.8. The van der Waals surface area contributed by atoms with Gasteiger partial charge in [0.05, 0.1) is 13.2 Å². The summed E-state index contributed by atoms with van der Waals surface area (Å²) in [6, 6.07) is 8.19.